The van der Waals surface area contributed by atoms with Crippen LogP contribution in [0.2, 0.25) is 0 Å². The summed E-state index contributed by atoms with van der Waals surface area (Å²) in [6.45, 7) is 1.24. The third-order valence-corrected chi connectivity index (χ3v) is 0.166. The minimum absolute atomic E-state index is 0.468. The summed E-state index contributed by atoms with van der Waals surface area (Å²) in [6, 6.07) is 0. The lowest BCUT2D eigenvalue weighted by molar-refractivity contribution is -0.141. The molecule has 0 rings (SSSR count). The van der Waals surface area contributed by atoms with Crippen LogP contribution in [0, 0.1) is 0 Å². The number of rotatable bonds is 0. The molecule has 0 aliphatic heterocycles. The molecule has 0 atom stereocenters. The fraction of sp³-hybridized carbons (Fsp3) is 0.500. The van der Waals surface area contributed by atoms with Gasteiger partial charge in [0.2, 0.25) is 0 Å². The first-order valence-electron chi connectivity index (χ1n) is 1.14. The van der Waals surface area contributed by atoms with E-state index >= 15 is 0 Å². The van der Waals surface area contributed by atoms with Gasteiger partial charge in [0.05, 0.1) is 0 Å². The highest BCUT2D eigenvalue weighted by Crippen LogP contribution is 1.55. The third-order valence-electron chi connectivity index (χ3n) is 0.166. The molecule has 0 aromatic heterocycles. The van der Waals surface area contributed by atoms with Crippen LogP contribution < -0.4 is 5.90 Å². The Balaban J connectivity index is 2.85. The number of nitrogens with two attached hydrogens (primary N) is 1. The Morgan fingerprint density at radius 1 is 2.00 bits per heavy atom. The van der Waals surface area contributed by atoms with Crippen LogP contribution in [0.15, 0.2) is 0 Å². The predicted molar refractivity (Wildman–Crippen MR) is 16.0 cm³/mol. The standard InChI is InChI=1S/C2H5NO2/c1-2(4)5-3/h3H2,1H3. The summed E-state index contributed by atoms with van der Waals surface area (Å²) in [7, 11) is 0. The van der Waals surface area contributed by atoms with Crippen LogP contribution in [-0.4, -0.2) is 5.97 Å². The van der Waals surface area contributed by atoms with E-state index < -0.39 is 5.97 Å². The van der Waals surface area contributed by atoms with Crippen molar-refractivity contribution in [3.05, 3.63) is 0 Å². The quantitative estimate of drug-likeness (QED) is 0.392. The maximum atomic E-state index is 9.47. The molecule has 5 heavy (non-hydrogen) atoms. The van der Waals surface area contributed by atoms with Crippen molar-refractivity contribution < 1.29 is 9.63 Å². The number of hydrogen-bond donors (Lipinski definition) is 1. The molecule has 0 saturated heterocycles. The Bertz CT molecular complexity index is 42.9. The van der Waals surface area contributed by atoms with Gasteiger partial charge in [-0.2, -0.15) is 5.90 Å². The van der Waals surface area contributed by atoms with Gasteiger partial charge in [0.15, 0.2) is 0 Å². The summed E-state index contributed by atoms with van der Waals surface area (Å²) in [5, 5.41) is 0. The van der Waals surface area contributed by atoms with E-state index in [-0.39, 0.29) is 0 Å². The van der Waals surface area contributed by atoms with Crippen molar-refractivity contribution in [1.82, 2.24) is 0 Å². The Labute approximate surface area is 29.7 Å². The van der Waals surface area contributed by atoms with Gasteiger partial charge < -0.3 is 4.84 Å². The molecule has 0 fully saturated rings. The van der Waals surface area contributed by atoms with E-state index in [1.54, 1.807) is 0 Å². The second-order valence-corrected chi connectivity index (χ2v) is 0.609. The first kappa shape index (κ1) is 4.43. The van der Waals surface area contributed by atoms with E-state index in [9.17, 15) is 4.79 Å². The summed E-state index contributed by atoms with van der Waals surface area (Å²) >= 11 is 0. The van der Waals surface area contributed by atoms with Gasteiger partial charge in [-0.05, 0) is 0 Å². The molecule has 3 nitrogen and oxygen atoms in total. The molecule has 0 radical (unpaired) electrons. The average molecular weight is 75.1 g/mol. The topological polar surface area (TPSA) is 52.3 Å². The van der Waals surface area contributed by atoms with Crippen molar-refractivity contribution in [2.45, 2.75) is 6.92 Å². The first-order chi connectivity index (χ1) is 2.27. The number of carbonyl (C=O) groups excluding carboxylic acids is 1. The third kappa shape index (κ3) is 3.43. The maximum Gasteiger partial charge on any atom is 0.321 e. The van der Waals surface area contributed by atoms with Crippen LogP contribution in [0.5, 0.6) is 0 Å². The van der Waals surface area contributed by atoms with Gasteiger partial charge in [-0.3, -0.25) is 4.79 Å². The Hall–Kier alpha value is -0.570. The summed E-state index contributed by atoms with van der Waals surface area (Å²) in [4.78, 5) is 13.1. The fourth-order valence-electron chi connectivity index (χ4n) is 0. The average Bonchev–Trinajstić information content (AvgIpc) is 1.38. The molecule has 30 valence electrons. The monoisotopic (exact) mass is 75.0 g/mol. The molecule has 0 aromatic rings. The molecule has 0 bridgehead atoms. The van der Waals surface area contributed by atoms with Crippen molar-refractivity contribution in [2.75, 3.05) is 0 Å². The van der Waals surface area contributed by atoms with Gasteiger partial charge in [0.25, 0.3) is 0 Å². The van der Waals surface area contributed by atoms with E-state index in [4.69, 9.17) is 0 Å². The van der Waals surface area contributed by atoms with Crippen LogP contribution in [0.3, 0.4) is 0 Å². The molecule has 0 aromatic carbocycles. The summed E-state index contributed by atoms with van der Waals surface area (Å²) in [5.74, 6) is 3.85. The molecule has 0 aliphatic carbocycles. The molecule has 0 unspecified atom stereocenters. The lowest BCUT2D eigenvalue weighted by atomic mass is 10.8. The second-order valence-electron chi connectivity index (χ2n) is 0.609. The van der Waals surface area contributed by atoms with E-state index in [0.29, 0.717) is 0 Å². The Morgan fingerprint density at radius 3 is 2.20 bits per heavy atom. The lowest BCUT2D eigenvalue weighted by Gasteiger charge is -1.79. The van der Waals surface area contributed by atoms with Gasteiger partial charge >= 0.3 is 5.97 Å². The minimum Gasteiger partial charge on any atom is -0.374 e. The molecule has 0 spiro atoms. The van der Waals surface area contributed by atoms with Crippen LogP contribution >= 0.6 is 0 Å². The van der Waals surface area contributed by atoms with Crippen LogP contribution in [-0.2, 0) is 9.63 Å². The van der Waals surface area contributed by atoms with E-state index in [2.05, 4.69) is 10.7 Å². The van der Waals surface area contributed by atoms with Gasteiger partial charge in [0.1, 0.15) is 0 Å². The summed E-state index contributed by atoms with van der Waals surface area (Å²) < 4.78 is 0. The molecule has 0 heterocycles. The zero-order valence-electron chi connectivity index (χ0n) is 2.89. The van der Waals surface area contributed by atoms with E-state index in [1.165, 1.54) is 6.92 Å². The number of carbonyl (C=O) groups is 1. The summed E-state index contributed by atoms with van der Waals surface area (Å²) in [6.07, 6.45) is 0. The maximum absolute atomic E-state index is 9.47. The highest BCUT2D eigenvalue weighted by molar-refractivity contribution is 5.65. The molecule has 3 heteroatoms. The smallest absolute Gasteiger partial charge is 0.321 e. The van der Waals surface area contributed by atoms with Gasteiger partial charge in [-0.15, -0.1) is 0 Å². The zero-order chi connectivity index (χ0) is 4.28. The van der Waals surface area contributed by atoms with Crippen LogP contribution in [0.4, 0.5) is 0 Å². The first-order valence-corrected chi connectivity index (χ1v) is 1.14. The van der Waals surface area contributed by atoms with Crippen molar-refractivity contribution in [3.8, 4) is 0 Å². The predicted octanol–water partition coefficient (Wildman–Crippen LogP) is -0.577. The molecule has 0 amide bonds. The molecule has 0 aliphatic rings. The van der Waals surface area contributed by atoms with Crippen molar-refractivity contribution in [1.29, 1.82) is 0 Å². The van der Waals surface area contributed by atoms with Gasteiger partial charge in [0, 0.05) is 6.92 Å². The van der Waals surface area contributed by atoms with Crippen molar-refractivity contribution in [3.63, 3.8) is 0 Å². The lowest BCUT2D eigenvalue weighted by Crippen LogP contribution is -2.03. The van der Waals surface area contributed by atoms with Crippen LogP contribution in [0.1, 0.15) is 6.92 Å². The Kier molecular flexibility index (Phi) is 1.53. The van der Waals surface area contributed by atoms with E-state index in [0.717, 1.165) is 0 Å². The Morgan fingerprint density at radius 2 is 2.20 bits per heavy atom. The van der Waals surface area contributed by atoms with Gasteiger partial charge in [-0.1, -0.05) is 0 Å². The molecule has 0 saturated carbocycles. The number of hydrogen-bond acceptors (Lipinski definition) is 3. The highest BCUT2D eigenvalue weighted by Gasteiger charge is 1.77. The summed E-state index contributed by atoms with van der Waals surface area (Å²) in [5.41, 5.74) is 0. The highest BCUT2D eigenvalue weighted by atomic mass is 16.7. The molecular weight excluding hydrogens is 70.0 g/mol. The van der Waals surface area contributed by atoms with Gasteiger partial charge in [-0.25, -0.2) is 0 Å². The second kappa shape index (κ2) is 1.72. The van der Waals surface area contributed by atoms with E-state index in [1.807, 2.05) is 0 Å². The van der Waals surface area contributed by atoms with Crippen LogP contribution in [0.25, 0.3) is 0 Å². The minimum atomic E-state index is -0.468. The molecular formula is C2H5NO2. The SMILES string of the molecule is CC(=O)ON. The largest absolute Gasteiger partial charge is 0.374 e. The molecule has 2 N–H and O–H groups in total. The normalized spacial score (nSPS) is 6.80. The van der Waals surface area contributed by atoms with Crippen molar-refractivity contribution in [2.24, 2.45) is 5.90 Å². The van der Waals surface area contributed by atoms with Crippen molar-refractivity contribution >= 4 is 5.97 Å². The zero-order valence-corrected chi connectivity index (χ0v) is 2.89. The fourth-order valence-corrected chi connectivity index (χ4v) is 0.